The van der Waals surface area contributed by atoms with Crippen LogP contribution in [0, 0.1) is 5.92 Å². The second-order valence-corrected chi connectivity index (χ2v) is 4.55. The van der Waals surface area contributed by atoms with E-state index in [1.54, 1.807) is 4.90 Å². The maximum absolute atomic E-state index is 11.3. The molecule has 1 amide bonds. The number of likely N-dealkylation sites (tertiary alicyclic amines) is 1. The van der Waals surface area contributed by atoms with Gasteiger partial charge in [-0.15, -0.1) is 0 Å². The minimum atomic E-state index is -0.347. The van der Waals surface area contributed by atoms with Gasteiger partial charge in [-0.1, -0.05) is 12.8 Å². The Kier molecular flexibility index (Phi) is 3.14. The van der Waals surface area contributed by atoms with Crippen LogP contribution in [0.3, 0.4) is 0 Å². The Bertz CT molecular complexity index is 238. The molecule has 1 saturated heterocycles. The lowest BCUT2D eigenvalue weighted by atomic mass is 9.88. The normalized spacial score (nSPS) is 28.7. The molecule has 2 fully saturated rings. The zero-order valence-corrected chi connectivity index (χ0v) is 9.19. The molecular weight excluding hydrogens is 194 g/mol. The van der Waals surface area contributed by atoms with Gasteiger partial charge in [0, 0.05) is 6.54 Å². The summed E-state index contributed by atoms with van der Waals surface area (Å²) in [5.74, 6) is 0.391. The van der Waals surface area contributed by atoms with Crippen molar-refractivity contribution in [3.63, 3.8) is 0 Å². The van der Waals surface area contributed by atoms with Gasteiger partial charge >= 0.3 is 6.09 Å². The first-order valence-electron chi connectivity index (χ1n) is 5.76. The first kappa shape index (κ1) is 10.7. The summed E-state index contributed by atoms with van der Waals surface area (Å²) in [7, 11) is 1.39. The van der Waals surface area contributed by atoms with Gasteiger partial charge in [0.15, 0.2) is 0 Å². The summed E-state index contributed by atoms with van der Waals surface area (Å²) in [6, 6.07) is 0.000509. The number of nitrogens with zero attached hydrogens (tertiary/aromatic N) is 1. The van der Waals surface area contributed by atoms with Crippen LogP contribution in [0.1, 0.15) is 32.1 Å². The number of rotatable bonds is 2. The van der Waals surface area contributed by atoms with Crippen molar-refractivity contribution in [2.24, 2.45) is 5.92 Å². The Hall–Kier alpha value is -0.770. The molecule has 15 heavy (non-hydrogen) atoms. The standard InChI is InChI=1S/C11H19NO3/c1-15-11(14)12-7-6-9(12)10(13)8-4-2-3-5-8/h8-10,13H,2-7H2,1H3. The van der Waals surface area contributed by atoms with Crippen molar-refractivity contribution in [3.05, 3.63) is 0 Å². The molecule has 0 bridgehead atoms. The van der Waals surface area contributed by atoms with Crippen LogP contribution in [-0.4, -0.2) is 41.9 Å². The van der Waals surface area contributed by atoms with E-state index in [-0.39, 0.29) is 18.2 Å². The first-order chi connectivity index (χ1) is 7.24. The average molecular weight is 213 g/mol. The van der Waals surface area contributed by atoms with Crippen molar-refractivity contribution < 1.29 is 14.6 Å². The van der Waals surface area contributed by atoms with Gasteiger partial charge in [0.1, 0.15) is 0 Å². The Labute approximate surface area is 90.2 Å². The van der Waals surface area contributed by atoms with E-state index in [1.165, 1.54) is 20.0 Å². The molecule has 2 aliphatic rings. The number of carbonyl (C=O) groups is 1. The fraction of sp³-hybridized carbons (Fsp3) is 0.909. The number of amides is 1. The third-order valence-electron chi connectivity index (χ3n) is 3.75. The molecular formula is C11H19NO3. The van der Waals surface area contributed by atoms with Crippen LogP contribution in [0.15, 0.2) is 0 Å². The highest BCUT2D eigenvalue weighted by Crippen LogP contribution is 2.34. The number of methoxy groups -OCH3 is 1. The summed E-state index contributed by atoms with van der Waals surface area (Å²) in [6.45, 7) is 0.723. The number of aliphatic hydroxyl groups is 1. The van der Waals surface area contributed by atoms with Crippen LogP contribution in [-0.2, 0) is 4.74 Å². The van der Waals surface area contributed by atoms with Crippen LogP contribution in [0.5, 0.6) is 0 Å². The summed E-state index contributed by atoms with van der Waals surface area (Å²) in [4.78, 5) is 13.0. The number of carbonyl (C=O) groups excluding carboxylic acids is 1. The van der Waals surface area contributed by atoms with Crippen LogP contribution in [0.4, 0.5) is 4.79 Å². The Morgan fingerprint density at radius 2 is 2.07 bits per heavy atom. The van der Waals surface area contributed by atoms with E-state index in [2.05, 4.69) is 4.74 Å². The summed E-state index contributed by atoms with van der Waals surface area (Å²) >= 11 is 0. The minimum Gasteiger partial charge on any atom is -0.453 e. The van der Waals surface area contributed by atoms with E-state index in [9.17, 15) is 9.90 Å². The molecule has 0 aromatic rings. The third kappa shape index (κ3) is 1.95. The zero-order valence-electron chi connectivity index (χ0n) is 9.19. The molecule has 1 saturated carbocycles. The van der Waals surface area contributed by atoms with E-state index in [1.807, 2.05) is 0 Å². The second kappa shape index (κ2) is 4.39. The monoisotopic (exact) mass is 213 g/mol. The van der Waals surface area contributed by atoms with Crippen LogP contribution >= 0.6 is 0 Å². The molecule has 86 valence electrons. The highest BCUT2D eigenvalue weighted by Gasteiger charge is 2.41. The number of hydrogen-bond donors (Lipinski definition) is 1. The van der Waals surface area contributed by atoms with E-state index in [4.69, 9.17) is 0 Å². The van der Waals surface area contributed by atoms with E-state index < -0.39 is 0 Å². The van der Waals surface area contributed by atoms with Gasteiger partial charge in [-0.25, -0.2) is 4.79 Å². The second-order valence-electron chi connectivity index (χ2n) is 4.55. The topological polar surface area (TPSA) is 49.8 Å². The molecule has 0 radical (unpaired) electrons. The lowest BCUT2D eigenvalue weighted by Gasteiger charge is -2.44. The summed E-state index contributed by atoms with van der Waals surface area (Å²) in [5.41, 5.74) is 0. The van der Waals surface area contributed by atoms with Gasteiger partial charge in [-0.05, 0) is 25.2 Å². The van der Waals surface area contributed by atoms with E-state index in [0.29, 0.717) is 5.92 Å². The predicted molar refractivity (Wildman–Crippen MR) is 55.5 cm³/mol. The molecule has 2 rings (SSSR count). The highest BCUT2D eigenvalue weighted by atomic mass is 16.5. The van der Waals surface area contributed by atoms with Gasteiger partial charge < -0.3 is 14.7 Å². The fourth-order valence-electron chi connectivity index (χ4n) is 2.72. The van der Waals surface area contributed by atoms with Crippen molar-refractivity contribution >= 4 is 6.09 Å². The average Bonchev–Trinajstić information content (AvgIpc) is 2.68. The van der Waals surface area contributed by atoms with Crippen molar-refractivity contribution in [1.82, 2.24) is 4.90 Å². The Balaban J connectivity index is 1.90. The van der Waals surface area contributed by atoms with Gasteiger partial charge in [-0.3, -0.25) is 0 Å². The van der Waals surface area contributed by atoms with Crippen molar-refractivity contribution in [2.75, 3.05) is 13.7 Å². The van der Waals surface area contributed by atoms with Crippen molar-refractivity contribution in [3.8, 4) is 0 Å². The van der Waals surface area contributed by atoms with Gasteiger partial charge in [0.25, 0.3) is 0 Å². The van der Waals surface area contributed by atoms with Crippen molar-refractivity contribution in [2.45, 2.75) is 44.2 Å². The van der Waals surface area contributed by atoms with Crippen LogP contribution < -0.4 is 0 Å². The largest absolute Gasteiger partial charge is 0.453 e. The number of ether oxygens (including phenoxy) is 1. The van der Waals surface area contributed by atoms with E-state index in [0.717, 1.165) is 25.8 Å². The highest BCUT2D eigenvalue weighted by molar-refractivity contribution is 5.69. The minimum absolute atomic E-state index is 0.000509. The summed E-state index contributed by atoms with van der Waals surface area (Å²) in [5, 5.41) is 10.1. The SMILES string of the molecule is COC(=O)N1CCC1C(O)C1CCCC1. The zero-order chi connectivity index (χ0) is 10.8. The van der Waals surface area contributed by atoms with Crippen LogP contribution in [0.2, 0.25) is 0 Å². The van der Waals surface area contributed by atoms with Gasteiger partial charge in [0.2, 0.25) is 0 Å². The maximum Gasteiger partial charge on any atom is 0.409 e. The number of aliphatic hydroxyl groups excluding tert-OH is 1. The first-order valence-corrected chi connectivity index (χ1v) is 5.76. The maximum atomic E-state index is 11.3. The molecule has 1 heterocycles. The molecule has 4 nitrogen and oxygen atoms in total. The smallest absolute Gasteiger partial charge is 0.409 e. The molecule has 0 spiro atoms. The molecule has 0 aromatic carbocycles. The Morgan fingerprint density at radius 3 is 2.53 bits per heavy atom. The molecule has 2 unspecified atom stereocenters. The van der Waals surface area contributed by atoms with Crippen molar-refractivity contribution in [1.29, 1.82) is 0 Å². The van der Waals surface area contributed by atoms with Gasteiger partial charge in [0.05, 0.1) is 19.3 Å². The molecule has 1 aliphatic carbocycles. The fourth-order valence-corrected chi connectivity index (χ4v) is 2.72. The summed E-state index contributed by atoms with van der Waals surface area (Å²) in [6.07, 6.45) is 4.90. The quantitative estimate of drug-likeness (QED) is 0.754. The number of hydrogen-bond acceptors (Lipinski definition) is 3. The molecule has 1 aliphatic heterocycles. The van der Waals surface area contributed by atoms with Gasteiger partial charge in [-0.2, -0.15) is 0 Å². The lowest BCUT2D eigenvalue weighted by Crippen LogP contribution is -2.58. The Morgan fingerprint density at radius 1 is 1.40 bits per heavy atom. The van der Waals surface area contributed by atoms with E-state index >= 15 is 0 Å². The molecule has 2 atom stereocenters. The molecule has 0 aromatic heterocycles. The molecule has 4 heteroatoms. The molecule has 1 N–H and O–H groups in total. The predicted octanol–water partition coefficient (Wildman–Crippen LogP) is 1.38. The lowest BCUT2D eigenvalue weighted by molar-refractivity contribution is -0.0339. The van der Waals surface area contributed by atoms with Crippen LogP contribution in [0.25, 0.3) is 0 Å². The third-order valence-corrected chi connectivity index (χ3v) is 3.75. The summed E-state index contributed by atoms with van der Waals surface area (Å²) < 4.78 is 4.67.